The van der Waals surface area contributed by atoms with Crippen LogP contribution in [0.2, 0.25) is 0 Å². The van der Waals surface area contributed by atoms with E-state index in [2.05, 4.69) is 31.2 Å². The first-order chi connectivity index (χ1) is 13.7. The predicted molar refractivity (Wildman–Crippen MR) is 104 cm³/mol. The maximum atomic E-state index is 12.0. The summed E-state index contributed by atoms with van der Waals surface area (Å²) < 4.78 is 12.0. The van der Waals surface area contributed by atoms with Crippen LogP contribution in [0, 0.1) is 0 Å². The number of carbonyl (C=O) groups excluding carboxylic acids is 1. The standard InChI is InChI=1S/C18H21N7O3/c1-27-14-10-13(11-15(12-14)28-2)22-18(26)20-8-7-19-16-4-5-17(24-23-16)25-9-3-6-21-25/h3-6,9-12H,7-8H2,1-2H3,(H,19,23)(H2,20,22,26). The van der Waals surface area contributed by atoms with E-state index in [9.17, 15) is 4.79 Å². The predicted octanol–water partition coefficient (Wildman–Crippen LogP) is 1.91. The molecule has 0 unspecified atom stereocenters. The highest BCUT2D eigenvalue weighted by Crippen LogP contribution is 2.25. The minimum atomic E-state index is -0.336. The average Bonchev–Trinajstić information content (AvgIpc) is 3.26. The largest absolute Gasteiger partial charge is 0.497 e. The summed E-state index contributed by atoms with van der Waals surface area (Å²) in [6, 6.07) is 10.2. The van der Waals surface area contributed by atoms with Gasteiger partial charge in [0.2, 0.25) is 0 Å². The molecule has 3 aromatic rings. The van der Waals surface area contributed by atoms with Crippen LogP contribution in [-0.4, -0.2) is 53.3 Å². The molecule has 1 aromatic carbocycles. The molecule has 28 heavy (non-hydrogen) atoms. The van der Waals surface area contributed by atoms with E-state index in [1.165, 1.54) is 0 Å². The van der Waals surface area contributed by atoms with Crippen LogP contribution in [0.15, 0.2) is 48.8 Å². The second-order valence-electron chi connectivity index (χ2n) is 5.64. The fourth-order valence-corrected chi connectivity index (χ4v) is 2.37. The highest BCUT2D eigenvalue weighted by atomic mass is 16.5. The van der Waals surface area contributed by atoms with Crippen molar-refractivity contribution < 1.29 is 14.3 Å². The minimum absolute atomic E-state index is 0.336. The molecule has 0 fully saturated rings. The highest BCUT2D eigenvalue weighted by Gasteiger charge is 2.06. The van der Waals surface area contributed by atoms with Gasteiger partial charge >= 0.3 is 6.03 Å². The van der Waals surface area contributed by atoms with E-state index in [4.69, 9.17) is 9.47 Å². The molecule has 0 aliphatic carbocycles. The number of hydrogen-bond donors (Lipinski definition) is 3. The summed E-state index contributed by atoms with van der Waals surface area (Å²) in [6.07, 6.45) is 3.46. The molecule has 0 aliphatic heterocycles. The van der Waals surface area contributed by atoms with Gasteiger partial charge < -0.3 is 25.4 Å². The Morgan fingerprint density at radius 2 is 1.86 bits per heavy atom. The first-order valence-corrected chi connectivity index (χ1v) is 8.53. The van der Waals surface area contributed by atoms with Crippen LogP contribution in [0.25, 0.3) is 5.82 Å². The Morgan fingerprint density at radius 1 is 1.07 bits per heavy atom. The highest BCUT2D eigenvalue weighted by molar-refractivity contribution is 5.89. The van der Waals surface area contributed by atoms with Crippen LogP contribution in [0.1, 0.15) is 0 Å². The summed E-state index contributed by atoms with van der Waals surface area (Å²) in [5, 5.41) is 20.8. The molecule has 0 atom stereocenters. The number of aromatic nitrogens is 4. The van der Waals surface area contributed by atoms with Gasteiger partial charge in [-0.2, -0.15) is 5.10 Å². The molecule has 10 heteroatoms. The van der Waals surface area contributed by atoms with Gasteiger partial charge in [0.15, 0.2) is 5.82 Å². The molecule has 0 spiro atoms. The second-order valence-corrected chi connectivity index (χ2v) is 5.64. The number of rotatable bonds is 8. The fraction of sp³-hybridized carbons (Fsp3) is 0.222. The number of anilines is 2. The van der Waals surface area contributed by atoms with E-state index in [1.807, 2.05) is 6.07 Å². The number of methoxy groups -OCH3 is 2. The van der Waals surface area contributed by atoms with E-state index in [-0.39, 0.29) is 6.03 Å². The Morgan fingerprint density at radius 3 is 2.46 bits per heavy atom. The molecule has 0 saturated carbocycles. The molecular weight excluding hydrogens is 362 g/mol. The Bertz CT molecular complexity index is 876. The minimum Gasteiger partial charge on any atom is -0.497 e. The summed E-state index contributed by atoms with van der Waals surface area (Å²) in [5.41, 5.74) is 0.571. The lowest BCUT2D eigenvalue weighted by atomic mass is 10.3. The van der Waals surface area contributed by atoms with Crippen molar-refractivity contribution in [3.8, 4) is 17.3 Å². The summed E-state index contributed by atoms with van der Waals surface area (Å²) in [7, 11) is 3.10. The van der Waals surface area contributed by atoms with Crippen LogP contribution >= 0.6 is 0 Å². The van der Waals surface area contributed by atoms with E-state index < -0.39 is 0 Å². The van der Waals surface area contributed by atoms with Crippen molar-refractivity contribution in [3.05, 3.63) is 48.8 Å². The summed E-state index contributed by atoms with van der Waals surface area (Å²) in [6.45, 7) is 0.889. The lowest BCUT2D eigenvalue weighted by molar-refractivity contribution is 0.252. The maximum absolute atomic E-state index is 12.0. The zero-order valence-corrected chi connectivity index (χ0v) is 15.5. The van der Waals surface area contributed by atoms with Crippen molar-refractivity contribution in [1.82, 2.24) is 25.3 Å². The van der Waals surface area contributed by atoms with E-state index >= 15 is 0 Å². The zero-order valence-electron chi connectivity index (χ0n) is 15.5. The monoisotopic (exact) mass is 383 g/mol. The number of carbonyl (C=O) groups is 1. The SMILES string of the molecule is COc1cc(NC(=O)NCCNc2ccc(-n3cccn3)nn2)cc(OC)c1. The molecule has 2 aromatic heterocycles. The van der Waals surface area contributed by atoms with Gasteiger partial charge in [-0.15, -0.1) is 10.2 Å². The Balaban J connectivity index is 1.43. The molecule has 3 rings (SSSR count). The molecule has 2 amide bonds. The lowest BCUT2D eigenvalue weighted by Crippen LogP contribution is -2.32. The van der Waals surface area contributed by atoms with Crippen LogP contribution < -0.4 is 25.4 Å². The topological polar surface area (TPSA) is 115 Å². The van der Waals surface area contributed by atoms with Crippen molar-refractivity contribution in [1.29, 1.82) is 0 Å². The zero-order chi connectivity index (χ0) is 19.8. The molecule has 3 N–H and O–H groups in total. The van der Waals surface area contributed by atoms with Gasteiger partial charge in [-0.3, -0.25) is 0 Å². The second kappa shape index (κ2) is 9.21. The molecule has 10 nitrogen and oxygen atoms in total. The van der Waals surface area contributed by atoms with Crippen molar-refractivity contribution in [2.45, 2.75) is 0 Å². The van der Waals surface area contributed by atoms with Gasteiger partial charge in [0.1, 0.15) is 17.3 Å². The average molecular weight is 383 g/mol. The van der Waals surface area contributed by atoms with Gasteiger partial charge in [-0.25, -0.2) is 9.48 Å². The molecule has 0 radical (unpaired) electrons. The van der Waals surface area contributed by atoms with Crippen molar-refractivity contribution >= 4 is 17.5 Å². The number of benzene rings is 1. The number of amides is 2. The molecule has 0 aliphatic rings. The summed E-state index contributed by atoms with van der Waals surface area (Å²) in [4.78, 5) is 12.0. The van der Waals surface area contributed by atoms with E-state index in [0.29, 0.717) is 41.9 Å². The quantitative estimate of drug-likeness (QED) is 0.509. The summed E-state index contributed by atoms with van der Waals surface area (Å²) >= 11 is 0. The molecule has 0 saturated heterocycles. The van der Waals surface area contributed by atoms with Crippen molar-refractivity contribution in [2.24, 2.45) is 0 Å². The van der Waals surface area contributed by atoms with Gasteiger partial charge in [-0.05, 0) is 18.2 Å². The summed E-state index contributed by atoms with van der Waals surface area (Å²) in [5.74, 6) is 2.42. The van der Waals surface area contributed by atoms with Gasteiger partial charge in [0.25, 0.3) is 0 Å². The van der Waals surface area contributed by atoms with Gasteiger partial charge in [0, 0.05) is 49.4 Å². The van der Waals surface area contributed by atoms with Gasteiger partial charge in [-0.1, -0.05) is 0 Å². The third-order valence-electron chi connectivity index (χ3n) is 3.72. The number of nitrogens with zero attached hydrogens (tertiary/aromatic N) is 4. The first-order valence-electron chi connectivity index (χ1n) is 8.53. The number of hydrogen-bond acceptors (Lipinski definition) is 7. The number of urea groups is 1. The Hall–Kier alpha value is -3.82. The van der Waals surface area contributed by atoms with Crippen LogP contribution in [0.3, 0.4) is 0 Å². The third kappa shape index (κ3) is 5.10. The normalized spacial score (nSPS) is 10.2. The molecule has 0 bridgehead atoms. The Labute approximate surface area is 161 Å². The number of ether oxygens (including phenoxy) is 2. The van der Waals surface area contributed by atoms with Crippen LogP contribution in [-0.2, 0) is 0 Å². The van der Waals surface area contributed by atoms with Crippen LogP contribution in [0.5, 0.6) is 11.5 Å². The van der Waals surface area contributed by atoms with Crippen molar-refractivity contribution in [3.63, 3.8) is 0 Å². The first kappa shape index (κ1) is 19.0. The molecule has 2 heterocycles. The van der Waals surface area contributed by atoms with Gasteiger partial charge in [0.05, 0.1) is 14.2 Å². The lowest BCUT2D eigenvalue weighted by Gasteiger charge is -2.11. The fourth-order valence-electron chi connectivity index (χ4n) is 2.37. The Kier molecular flexibility index (Phi) is 6.24. The maximum Gasteiger partial charge on any atom is 0.319 e. The van der Waals surface area contributed by atoms with Crippen molar-refractivity contribution in [2.75, 3.05) is 37.9 Å². The molecule has 146 valence electrons. The van der Waals surface area contributed by atoms with Crippen LogP contribution in [0.4, 0.5) is 16.3 Å². The molecular formula is C18H21N7O3. The smallest absolute Gasteiger partial charge is 0.319 e. The number of nitrogens with one attached hydrogen (secondary N) is 3. The van der Waals surface area contributed by atoms with E-state index in [0.717, 1.165) is 0 Å². The third-order valence-corrected chi connectivity index (χ3v) is 3.72. The van der Waals surface area contributed by atoms with E-state index in [1.54, 1.807) is 61.6 Å².